The van der Waals surface area contributed by atoms with Crippen LogP contribution in [0.4, 0.5) is 0 Å². The minimum absolute atomic E-state index is 0.0522. The Hall–Kier alpha value is -2.81. The minimum Gasteiger partial charge on any atom is -0.462 e. The summed E-state index contributed by atoms with van der Waals surface area (Å²) in [6.45, 7) is 3.66. The molecule has 0 amide bonds. The first-order valence-electron chi connectivity index (χ1n) is 34.1. The van der Waals surface area contributed by atoms with Gasteiger partial charge < -0.3 is 20.1 Å². The van der Waals surface area contributed by atoms with Crippen molar-refractivity contribution in [3.05, 3.63) is 85.1 Å². The van der Waals surface area contributed by atoms with Gasteiger partial charge in [0.05, 0.1) is 13.2 Å². The molecule has 0 aromatic heterocycles. The fraction of sp³-hybridized carbons (Fsp3) is 0.775. The third-order valence-electron chi connectivity index (χ3n) is 14.8. The van der Waals surface area contributed by atoms with Crippen molar-refractivity contribution in [1.29, 1.82) is 0 Å². The van der Waals surface area contributed by atoms with E-state index in [1.54, 1.807) is 0 Å². The third kappa shape index (κ3) is 66.2. The summed E-state index contributed by atoms with van der Waals surface area (Å²) in [5.74, 6) is -0.817. The van der Waals surface area contributed by atoms with Gasteiger partial charge in [0.15, 0.2) is 6.10 Å². The zero-order valence-electron chi connectivity index (χ0n) is 52.8. The summed E-state index contributed by atoms with van der Waals surface area (Å²) in [4.78, 5) is 35.3. The average Bonchev–Trinajstić information content (AvgIpc) is 3.46. The number of allylic oxidation sites excluding steroid dienone is 14. The van der Waals surface area contributed by atoms with Crippen LogP contribution in [-0.2, 0) is 32.7 Å². The molecule has 0 aliphatic carbocycles. The van der Waals surface area contributed by atoms with Crippen molar-refractivity contribution in [1.82, 2.24) is 0 Å². The Balaban J connectivity index is 3.87. The highest BCUT2D eigenvalue weighted by Crippen LogP contribution is 2.43. The number of hydrogen-bond acceptors (Lipinski definition) is 8. The van der Waals surface area contributed by atoms with Crippen LogP contribution in [0.5, 0.6) is 0 Å². The topological polar surface area (TPSA) is 134 Å². The second kappa shape index (κ2) is 66.3. The fourth-order valence-corrected chi connectivity index (χ4v) is 10.5. The van der Waals surface area contributed by atoms with Gasteiger partial charge in [0.1, 0.15) is 6.61 Å². The Bertz CT molecular complexity index is 1600. The van der Waals surface area contributed by atoms with Gasteiger partial charge in [0.2, 0.25) is 0 Å². The second-order valence-corrected chi connectivity index (χ2v) is 24.1. The van der Waals surface area contributed by atoms with E-state index in [0.29, 0.717) is 6.42 Å². The highest BCUT2D eigenvalue weighted by atomic mass is 31.2. The number of phosphoric acid groups is 1. The molecule has 3 N–H and O–H groups in total. The number of unbranched alkanes of at least 4 members (excludes halogenated alkanes) is 37. The Morgan fingerprint density at radius 2 is 0.679 bits per heavy atom. The largest absolute Gasteiger partial charge is 0.472 e. The van der Waals surface area contributed by atoms with E-state index in [4.69, 9.17) is 24.3 Å². The van der Waals surface area contributed by atoms with Gasteiger partial charge in [-0.15, -0.1) is 0 Å². The average molecular weight is 1150 g/mol. The number of hydrogen-bond donors (Lipinski definition) is 2. The molecule has 81 heavy (non-hydrogen) atoms. The lowest BCUT2D eigenvalue weighted by atomic mass is 10.0. The number of carbonyl (C=O) groups excluding carboxylic acids is 2. The Kier molecular flexibility index (Phi) is 64.0. The van der Waals surface area contributed by atoms with E-state index in [1.807, 2.05) is 0 Å². The monoisotopic (exact) mass is 1150 g/mol. The summed E-state index contributed by atoms with van der Waals surface area (Å²) >= 11 is 0. The van der Waals surface area contributed by atoms with E-state index in [0.717, 1.165) is 77.0 Å². The maximum Gasteiger partial charge on any atom is 0.472 e. The lowest BCUT2D eigenvalue weighted by Gasteiger charge is -2.19. The molecule has 0 aliphatic heterocycles. The van der Waals surface area contributed by atoms with Crippen LogP contribution in [0, 0.1) is 0 Å². The van der Waals surface area contributed by atoms with Crippen LogP contribution in [0.3, 0.4) is 0 Å². The van der Waals surface area contributed by atoms with E-state index in [-0.39, 0.29) is 38.6 Å². The maximum absolute atomic E-state index is 12.8. The Morgan fingerprint density at radius 1 is 0.383 bits per heavy atom. The van der Waals surface area contributed by atoms with Crippen molar-refractivity contribution in [2.45, 2.75) is 328 Å². The number of phosphoric ester groups is 1. The van der Waals surface area contributed by atoms with Gasteiger partial charge in [-0.25, -0.2) is 4.57 Å². The molecule has 0 aromatic carbocycles. The SMILES string of the molecule is CC/C=C\C/C=C\C/C=C\C/C=C\CCCCCCCCCCCCCCCCCCC(=O)OC(COC(=O)CCCCCCCCCCCCCCCCCC/C=C\C/C=C\C/C=C\CCCCCCC)COP(=O)(O)OCCN. The summed E-state index contributed by atoms with van der Waals surface area (Å²) in [6.07, 6.45) is 88.1. The first kappa shape index (κ1) is 78.2. The smallest absolute Gasteiger partial charge is 0.462 e. The zero-order chi connectivity index (χ0) is 58.7. The highest BCUT2D eigenvalue weighted by Gasteiger charge is 2.26. The van der Waals surface area contributed by atoms with Crippen molar-refractivity contribution >= 4 is 19.8 Å². The molecule has 2 unspecified atom stereocenters. The van der Waals surface area contributed by atoms with Gasteiger partial charge in [0.25, 0.3) is 0 Å². The van der Waals surface area contributed by atoms with Gasteiger partial charge in [0, 0.05) is 19.4 Å². The van der Waals surface area contributed by atoms with Crippen LogP contribution in [0.2, 0.25) is 0 Å². The summed E-state index contributed by atoms with van der Waals surface area (Å²) in [7, 11) is -4.39. The zero-order valence-corrected chi connectivity index (χ0v) is 53.7. The lowest BCUT2D eigenvalue weighted by molar-refractivity contribution is -0.161. The number of esters is 2. The first-order valence-corrected chi connectivity index (χ1v) is 35.6. The van der Waals surface area contributed by atoms with Crippen molar-refractivity contribution in [3.8, 4) is 0 Å². The van der Waals surface area contributed by atoms with E-state index in [2.05, 4.69) is 98.9 Å². The van der Waals surface area contributed by atoms with Crippen molar-refractivity contribution in [3.63, 3.8) is 0 Å². The van der Waals surface area contributed by atoms with Crippen molar-refractivity contribution in [2.24, 2.45) is 5.73 Å². The van der Waals surface area contributed by atoms with Gasteiger partial charge >= 0.3 is 19.8 Å². The second-order valence-electron chi connectivity index (χ2n) is 22.7. The molecule has 0 heterocycles. The number of rotatable bonds is 64. The first-order chi connectivity index (χ1) is 39.8. The minimum atomic E-state index is -4.39. The van der Waals surface area contributed by atoms with Gasteiger partial charge in [-0.3, -0.25) is 18.6 Å². The van der Waals surface area contributed by atoms with Crippen molar-refractivity contribution in [2.75, 3.05) is 26.4 Å². The fourth-order valence-electron chi connectivity index (χ4n) is 9.76. The van der Waals surface area contributed by atoms with Crippen LogP contribution in [0.15, 0.2) is 85.1 Å². The van der Waals surface area contributed by atoms with Crippen LogP contribution in [-0.4, -0.2) is 49.3 Å². The lowest BCUT2D eigenvalue weighted by Crippen LogP contribution is -2.29. The molecule has 9 nitrogen and oxygen atoms in total. The van der Waals surface area contributed by atoms with E-state index < -0.39 is 26.5 Å². The molecule has 0 bridgehead atoms. The number of ether oxygens (including phenoxy) is 2. The van der Waals surface area contributed by atoms with Gasteiger partial charge in [-0.1, -0.05) is 304 Å². The highest BCUT2D eigenvalue weighted by molar-refractivity contribution is 7.47. The number of nitrogens with two attached hydrogens (primary N) is 1. The van der Waals surface area contributed by atoms with Gasteiger partial charge in [-0.05, 0) is 89.9 Å². The molecule has 0 aromatic rings. The molecule has 0 spiro atoms. The molecular weight excluding hydrogens is 1030 g/mol. The number of carbonyl (C=O) groups is 2. The molecule has 0 saturated carbocycles. The molecule has 0 aliphatic rings. The molecule has 0 saturated heterocycles. The van der Waals surface area contributed by atoms with E-state index >= 15 is 0 Å². The molecule has 2 atom stereocenters. The molecule has 0 radical (unpaired) electrons. The summed E-state index contributed by atoms with van der Waals surface area (Å²) in [5.41, 5.74) is 5.40. The maximum atomic E-state index is 12.8. The van der Waals surface area contributed by atoms with Crippen molar-refractivity contribution < 1.29 is 37.6 Å². The van der Waals surface area contributed by atoms with E-state index in [1.165, 1.54) is 212 Å². The van der Waals surface area contributed by atoms with Crippen LogP contribution in [0.25, 0.3) is 0 Å². The Labute approximate surface area is 500 Å². The standard InChI is InChI=1S/C71H128NO8P/c1-3-5-7-9-11-13-15-17-19-21-23-25-27-29-31-33-34-36-37-39-41-43-45-47-49-51-53-55-57-59-61-63-70(73)77-67-69(68-79-81(75,76)78-66-65-72)80-71(74)64-62-60-58-56-54-52-50-48-46-44-42-40-38-35-32-30-28-26-24-22-20-18-16-14-12-10-8-6-4-2/h6,8,12,14-15,17-18,20-21,23-24,26-27,29,69H,3-5,7,9-11,13,16,19,22,25,28,30-68,72H2,1-2H3,(H,75,76)/b8-6-,14-12-,17-15-,20-18-,23-21-,26-24-,29-27-. The molecule has 470 valence electrons. The predicted molar refractivity (Wildman–Crippen MR) is 349 cm³/mol. The molecule has 10 heteroatoms. The normalized spacial score (nSPS) is 13.5. The quantitative estimate of drug-likeness (QED) is 0.0264. The third-order valence-corrected chi connectivity index (χ3v) is 15.7. The Morgan fingerprint density at radius 3 is 1.01 bits per heavy atom. The van der Waals surface area contributed by atoms with Crippen LogP contribution in [0.1, 0.15) is 322 Å². The summed E-state index contributed by atoms with van der Waals surface area (Å²) in [5, 5.41) is 0. The van der Waals surface area contributed by atoms with Crippen LogP contribution < -0.4 is 5.73 Å². The van der Waals surface area contributed by atoms with Gasteiger partial charge in [-0.2, -0.15) is 0 Å². The van der Waals surface area contributed by atoms with Crippen LogP contribution >= 0.6 is 7.82 Å². The van der Waals surface area contributed by atoms with E-state index in [9.17, 15) is 19.0 Å². The molecule has 0 fully saturated rings. The predicted octanol–water partition coefficient (Wildman–Crippen LogP) is 22.2. The molecular formula is C71H128NO8P. The summed E-state index contributed by atoms with van der Waals surface area (Å²) in [6, 6.07) is 0. The summed E-state index contributed by atoms with van der Waals surface area (Å²) < 4.78 is 33.2. The molecule has 0 rings (SSSR count).